The molecular formula is C21H29N3O6. The first-order chi connectivity index (χ1) is 13.9. The topological polar surface area (TPSA) is 126 Å². The van der Waals surface area contributed by atoms with Crippen molar-refractivity contribution >= 4 is 29.5 Å². The lowest BCUT2D eigenvalue weighted by Gasteiger charge is -2.21. The second-order valence-electron chi connectivity index (χ2n) is 7.93. The molecule has 1 aliphatic rings. The number of ether oxygens (including phenoxy) is 1. The lowest BCUT2D eigenvalue weighted by Crippen LogP contribution is -2.44. The van der Waals surface area contributed by atoms with Crippen molar-refractivity contribution in [1.29, 1.82) is 0 Å². The number of amides is 3. The van der Waals surface area contributed by atoms with Gasteiger partial charge in [0.15, 0.2) is 11.9 Å². The lowest BCUT2D eigenvalue weighted by atomic mass is 9.95. The number of unbranched alkanes of at least 4 members (excludes halogenated alkanes) is 1. The molecule has 0 aromatic carbocycles. The number of imide groups is 1. The average molecular weight is 419 g/mol. The number of carbonyl (C=O) groups is 5. The van der Waals surface area contributed by atoms with Gasteiger partial charge in [0.05, 0.1) is 5.69 Å². The van der Waals surface area contributed by atoms with Crippen LogP contribution in [0.1, 0.15) is 79.1 Å². The fraction of sp³-hybridized carbons (Fsp3) is 0.571. The summed E-state index contributed by atoms with van der Waals surface area (Å²) >= 11 is 0. The van der Waals surface area contributed by atoms with Gasteiger partial charge in [-0.15, -0.1) is 0 Å². The Hall–Kier alpha value is -2.97. The number of ketones is 2. The standard InChI is InChI=1S/C21H29N3O6/c1-7-8-9-21(6)19(28)24(20(29)23-21)10-15(26)30-14(5)18(27)17-11(2)16(13(4)25)12(3)22-17/h14,22H,7-10H2,1-6H3,(H,23,29)/t14-,21-/m1/s1. The Labute approximate surface area is 175 Å². The molecule has 3 amide bonds. The molecule has 1 aromatic heterocycles. The van der Waals surface area contributed by atoms with Crippen molar-refractivity contribution in [3.8, 4) is 0 Å². The van der Waals surface area contributed by atoms with Crippen molar-refractivity contribution in [3.05, 3.63) is 22.5 Å². The number of nitrogens with zero attached hydrogens (tertiary/aromatic N) is 1. The predicted octanol–water partition coefficient (Wildman–Crippen LogP) is 2.45. The molecule has 0 aliphatic carbocycles. The second kappa shape index (κ2) is 8.81. The van der Waals surface area contributed by atoms with Gasteiger partial charge in [0.2, 0.25) is 5.78 Å². The smallest absolute Gasteiger partial charge is 0.326 e. The van der Waals surface area contributed by atoms with Crippen LogP contribution in [0.4, 0.5) is 4.79 Å². The molecule has 0 bridgehead atoms. The number of hydrogen-bond donors (Lipinski definition) is 2. The molecule has 1 aromatic rings. The molecule has 2 heterocycles. The normalized spacial score (nSPS) is 19.6. The number of rotatable bonds is 9. The van der Waals surface area contributed by atoms with Gasteiger partial charge in [-0.2, -0.15) is 0 Å². The summed E-state index contributed by atoms with van der Waals surface area (Å²) in [4.78, 5) is 65.2. The Morgan fingerprint density at radius 1 is 1.20 bits per heavy atom. The number of esters is 1. The van der Waals surface area contributed by atoms with Crippen LogP contribution < -0.4 is 5.32 Å². The van der Waals surface area contributed by atoms with Crippen LogP contribution in [0, 0.1) is 13.8 Å². The Balaban J connectivity index is 2.05. The maximum atomic E-state index is 12.7. The van der Waals surface area contributed by atoms with E-state index in [2.05, 4.69) is 10.3 Å². The van der Waals surface area contributed by atoms with E-state index in [1.165, 1.54) is 13.8 Å². The van der Waals surface area contributed by atoms with Crippen molar-refractivity contribution < 1.29 is 28.7 Å². The van der Waals surface area contributed by atoms with Crippen molar-refractivity contribution in [1.82, 2.24) is 15.2 Å². The number of carbonyl (C=O) groups excluding carboxylic acids is 5. The highest BCUT2D eigenvalue weighted by atomic mass is 16.5. The first-order valence-electron chi connectivity index (χ1n) is 10.0. The molecule has 164 valence electrons. The Morgan fingerprint density at radius 3 is 2.37 bits per heavy atom. The zero-order valence-electron chi connectivity index (χ0n) is 18.3. The van der Waals surface area contributed by atoms with E-state index in [1.54, 1.807) is 20.8 Å². The summed E-state index contributed by atoms with van der Waals surface area (Å²) < 4.78 is 5.17. The number of aromatic nitrogens is 1. The Morgan fingerprint density at radius 2 is 1.83 bits per heavy atom. The van der Waals surface area contributed by atoms with E-state index in [1.807, 2.05) is 6.92 Å². The molecule has 2 N–H and O–H groups in total. The minimum absolute atomic E-state index is 0.172. The van der Waals surface area contributed by atoms with Crippen LogP contribution in [0.3, 0.4) is 0 Å². The number of hydrogen-bond acceptors (Lipinski definition) is 6. The van der Waals surface area contributed by atoms with E-state index in [0.717, 1.165) is 17.7 Å². The van der Waals surface area contributed by atoms with Crippen molar-refractivity contribution in [2.45, 2.75) is 72.4 Å². The summed E-state index contributed by atoms with van der Waals surface area (Å²) in [6.45, 7) is 9.17. The monoisotopic (exact) mass is 419 g/mol. The van der Waals surface area contributed by atoms with Gasteiger partial charge in [-0.05, 0) is 46.6 Å². The molecule has 9 nitrogen and oxygen atoms in total. The summed E-state index contributed by atoms with van der Waals surface area (Å²) in [5.41, 5.74) is 0.639. The van der Waals surface area contributed by atoms with Crippen molar-refractivity contribution in [3.63, 3.8) is 0 Å². The third kappa shape index (κ3) is 4.44. The minimum atomic E-state index is -1.15. The van der Waals surface area contributed by atoms with Gasteiger partial charge in [0, 0.05) is 11.3 Å². The maximum absolute atomic E-state index is 12.7. The largest absolute Gasteiger partial charge is 0.453 e. The van der Waals surface area contributed by atoms with Gasteiger partial charge < -0.3 is 15.0 Å². The van der Waals surface area contributed by atoms with Gasteiger partial charge in [-0.25, -0.2) is 4.79 Å². The van der Waals surface area contributed by atoms with Crippen LogP contribution >= 0.6 is 0 Å². The number of nitrogens with one attached hydrogen (secondary N) is 2. The third-order valence-electron chi connectivity index (χ3n) is 5.38. The summed E-state index contributed by atoms with van der Waals surface area (Å²) in [5.74, 6) is -2.03. The van der Waals surface area contributed by atoms with Crippen LogP contribution in [-0.4, -0.2) is 57.5 Å². The van der Waals surface area contributed by atoms with E-state index in [0.29, 0.717) is 23.2 Å². The fourth-order valence-electron chi connectivity index (χ4n) is 3.74. The van der Waals surface area contributed by atoms with Gasteiger partial charge in [-0.1, -0.05) is 19.8 Å². The number of H-pyrrole nitrogens is 1. The molecule has 0 unspecified atom stereocenters. The molecule has 2 atom stereocenters. The van der Waals surface area contributed by atoms with Crippen LogP contribution in [0.25, 0.3) is 0 Å². The molecule has 1 aliphatic heterocycles. The first kappa shape index (κ1) is 23.3. The summed E-state index contributed by atoms with van der Waals surface area (Å²) in [6, 6.07) is -0.656. The van der Waals surface area contributed by atoms with Crippen molar-refractivity contribution in [2.24, 2.45) is 0 Å². The molecule has 0 saturated carbocycles. The second-order valence-corrected chi connectivity index (χ2v) is 7.93. The highest BCUT2D eigenvalue weighted by molar-refractivity contribution is 6.09. The van der Waals surface area contributed by atoms with Crippen LogP contribution in [0.5, 0.6) is 0 Å². The summed E-state index contributed by atoms with van der Waals surface area (Å²) in [5, 5.41) is 2.63. The van der Waals surface area contributed by atoms with Gasteiger partial charge >= 0.3 is 12.0 Å². The average Bonchev–Trinajstić information content (AvgIpc) is 3.07. The zero-order chi connectivity index (χ0) is 22.8. The molecule has 30 heavy (non-hydrogen) atoms. The summed E-state index contributed by atoms with van der Waals surface area (Å²) in [7, 11) is 0. The van der Waals surface area contributed by atoms with E-state index in [-0.39, 0.29) is 11.5 Å². The quantitative estimate of drug-likeness (QED) is 0.360. The number of urea groups is 1. The molecule has 0 radical (unpaired) electrons. The Kier molecular flexibility index (Phi) is 6.84. The molecule has 1 fully saturated rings. The van der Waals surface area contributed by atoms with Crippen molar-refractivity contribution in [2.75, 3.05) is 6.54 Å². The SMILES string of the molecule is CCCC[C@@]1(C)NC(=O)N(CC(=O)O[C@H](C)C(=O)c2[nH]c(C)c(C(C)=O)c2C)C1=O. The number of aromatic amines is 1. The molecule has 9 heteroatoms. The van der Waals surface area contributed by atoms with Gasteiger partial charge in [0.25, 0.3) is 5.91 Å². The third-order valence-corrected chi connectivity index (χ3v) is 5.38. The first-order valence-corrected chi connectivity index (χ1v) is 10.0. The maximum Gasteiger partial charge on any atom is 0.326 e. The van der Waals surface area contributed by atoms with E-state index in [4.69, 9.17) is 4.74 Å². The highest BCUT2D eigenvalue weighted by Crippen LogP contribution is 2.24. The predicted molar refractivity (Wildman–Crippen MR) is 108 cm³/mol. The van der Waals surface area contributed by atoms with Gasteiger partial charge in [-0.3, -0.25) is 24.1 Å². The molecule has 1 saturated heterocycles. The molecule has 0 spiro atoms. The fourth-order valence-corrected chi connectivity index (χ4v) is 3.74. The zero-order valence-corrected chi connectivity index (χ0v) is 18.3. The van der Waals surface area contributed by atoms with E-state index in [9.17, 15) is 24.0 Å². The van der Waals surface area contributed by atoms with E-state index < -0.39 is 41.9 Å². The minimum Gasteiger partial charge on any atom is -0.453 e. The number of Topliss-reactive ketones (excluding diaryl/α,β-unsaturated/α-hetero) is 2. The molecule has 2 rings (SSSR count). The van der Waals surface area contributed by atoms with Crippen LogP contribution in [0.2, 0.25) is 0 Å². The van der Waals surface area contributed by atoms with Crippen LogP contribution in [0.15, 0.2) is 0 Å². The number of aryl methyl sites for hydroxylation is 1. The van der Waals surface area contributed by atoms with Crippen LogP contribution in [-0.2, 0) is 14.3 Å². The lowest BCUT2D eigenvalue weighted by molar-refractivity contribution is -0.149. The van der Waals surface area contributed by atoms with E-state index >= 15 is 0 Å². The van der Waals surface area contributed by atoms with Gasteiger partial charge in [0.1, 0.15) is 12.1 Å². The highest BCUT2D eigenvalue weighted by Gasteiger charge is 2.48. The molecular weight excluding hydrogens is 390 g/mol. The summed E-state index contributed by atoms with van der Waals surface area (Å²) in [6.07, 6.45) is 0.937. The Bertz CT molecular complexity index is 903.